The van der Waals surface area contributed by atoms with Gasteiger partial charge in [0.15, 0.2) is 0 Å². The van der Waals surface area contributed by atoms with Gasteiger partial charge in [0.1, 0.15) is 24.2 Å². The van der Waals surface area contributed by atoms with Crippen LogP contribution in [-0.4, -0.2) is 31.2 Å². The quantitative estimate of drug-likeness (QED) is 0.533. The van der Waals surface area contributed by atoms with Crippen LogP contribution < -0.4 is 10.6 Å². The Hall–Kier alpha value is -3.88. The number of halogens is 1. The number of hydrogen-bond acceptors (Lipinski definition) is 6. The smallest absolute Gasteiger partial charge is 0.338 e. The molecule has 156 valence electrons. The number of amides is 2. The van der Waals surface area contributed by atoms with Crippen molar-refractivity contribution >= 4 is 24.0 Å². The number of carbonyl (C=O) groups excluding carboxylic acids is 3. The zero-order chi connectivity index (χ0) is 21.5. The fraction of sp³-hybridized carbons (Fsp3) is 0.190. The molecule has 0 spiro atoms. The zero-order valence-electron chi connectivity index (χ0n) is 16.0. The molecular formula is C21H19FN2O6. The predicted molar refractivity (Wildman–Crippen MR) is 103 cm³/mol. The molecule has 1 aliphatic rings. The van der Waals surface area contributed by atoms with E-state index in [0.717, 1.165) is 6.08 Å². The topological polar surface area (TPSA) is 107 Å². The summed E-state index contributed by atoms with van der Waals surface area (Å²) in [6, 6.07) is 7.39. The Kier molecular flexibility index (Phi) is 6.63. The number of nitrogens with one attached hydrogen (secondary N) is 2. The number of benzene rings is 1. The van der Waals surface area contributed by atoms with Crippen molar-refractivity contribution in [2.24, 2.45) is 0 Å². The van der Waals surface area contributed by atoms with Crippen molar-refractivity contribution in [2.75, 3.05) is 13.2 Å². The fourth-order valence-corrected chi connectivity index (χ4v) is 2.82. The number of ether oxygens (including phenoxy) is 2. The molecule has 0 saturated carbocycles. The van der Waals surface area contributed by atoms with E-state index >= 15 is 0 Å². The molecule has 1 aromatic heterocycles. The van der Waals surface area contributed by atoms with E-state index in [1.54, 1.807) is 25.1 Å². The third-order valence-electron chi connectivity index (χ3n) is 4.10. The number of carbonyl (C=O) groups is 3. The monoisotopic (exact) mass is 414 g/mol. The van der Waals surface area contributed by atoms with Crippen molar-refractivity contribution in [3.8, 4) is 0 Å². The van der Waals surface area contributed by atoms with Gasteiger partial charge in [-0.05, 0) is 42.8 Å². The molecule has 0 aliphatic carbocycles. The molecule has 1 unspecified atom stereocenters. The van der Waals surface area contributed by atoms with Gasteiger partial charge in [0.2, 0.25) is 0 Å². The van der Waals surface area contributed by atoms with Crippen LogP contribution in [0.25, 0.3) is 6.08 Å². The van der Waals surface area contributed by atoms with E-state index in [0.29, 0.717) is 11.3 Å². The molecule has 2 N–H and O–H groups in total. The number of hydrogen-bond donors (Lipinski definition) is 2. The van der Waals surface area contributed by atoms with Crippen LogP contribution in [0, 0.1) is 5.82 Å². The maximum atomic E-state index is 13.2. The van der Waals surface area contributed by atoms with Crippen LogP contribution in [0.2, 0.25) is 0 Å². The van der Waals surface area contributed by atoms with Crippen LogP contribution in [0.1, 0.15) is 24.3 Å². The minimum absolute atomic E-state index is 0.0633. The summed E-state index contributed by atoms with van der Waals surface area (Å²) in [5.41, 5.74) is 0.617. The fourth-order valence-electron chi connectivity index (χ4n) is 2.82. The first-order chi connectivity index (χ1) is 14.5. The molecule has 0 saturated heterocycles. The highest BCUT2D eigenvalue weighted by molar-refractivity contribution is 5.95. The third-order valence-corrected chi connectivity index (χ3v) is 4.10. The van der Waals surface area contributed by atoms with Gasteiger partial charge < -0.3 is 24.5 Å². The molecule has 2 amide bonds. The number of furan rings is 1. The van der Waals surface area contributed by atoms with E-state index in [1.807, 2.05) is 0 Å². The summed E-state index contributed by atoms with van der Waals surface area (Å²) in [6.45, 7) is 1.38. The molecular weight excluding hydrogens is 395 g/mol. The lowest BCUT2D eigenvalue weighted by atomic mass is 10.0. The van der Waals surface area contributed by atoms with Crippen LogP contribution >= 0.6 is 0 Å². The van der Waals surface area contributed by atoms with E-state index < -0.39 is 29.8 Å². The van der Waals surface area contributed by atoms with Crippen molar-refractivity contribution in [3.63, 3.8) is 0 Å². The van der Waals surface area contributed by atoms with Crippen molar-refractivity contribution in [1.82, 2.24) is 10.6 Å². The Morgan fingerprint density at radius 2 is 2.07 bits per heavy atom. The van der Waals surface area contributed by atoms with Crippen molar-refractivity contribution < 1.29 is 32.7 Å². The van der Waals surface area contributed by atoms with E-state index in [4.69, 9.17) is 13.9 Å². The van der Waals surface area contributed by atoms with Crippen LogP contribution in [0.4, 0.5) is 9.18 Å². The molecule has 1 atom stereocenters. The van der Waals surface area contributed by atoms with Crippen molar-refractivity contribution in [3.05, 3.63) is 77.1 Å². The minimum atomic E-state index is -0.899. The van der Waals surface area contributed by atoms with E-state index in [-0.39, 0.29) is 24.5 Å². The molecule has 1 aromatic carbocycles. The maximum absolute atomic E-state index is 13.2. The summed E-state index contributed by atoms with van der Waals surface area (Å²) in [5.74, 6) is -1.54. The normalized spacial score (nSPS) is 16.2. The second-order valence-electron chi connectivity index (χ2n) is 6.16. The molecule has 1 aliphatic heterocycles. The Morgan fingerprint density at radius 1 is 1.23 bits per heavy atom. The highest BCUT2D eigenvalue weighted by Gasteiger charge is 2.35. The number of rotatable bonds is 7. The first-order valence-corrected chi connectivity index (χ1v) is 9.09. The molecule has 9 heteroatoms. The second kappa shape index (κ2) is 9.55. The van der Waals surface area contributed by atoms with Gasteiger partial charge in [-0.2, -0.15) is 0 Å². The van der Waals surface area contributed by atoms with Gasteiger partial charge in [0, 0.05) is 6.08 Å². The molecule has 0 radical (unpaired) electrons. The van der Waals surface area contributed by atoms with Crippen molar-refractivity contribution in [2.45, 2.75) is 13.0 Å². The lowest BCUT2D eigenvalue weighted by molar-refractivity contribution is -0.140. The molecule has 0 fully saturated rings. The number of esters is 2. The summed E-state index contributed by atoms with van der Waals surface area (Å²) >= 11 is 0. The second-order valence-corrected chi connectivity index (χ2v) is 6.16. The Balaban J connectivity index is 1.79. The Morgan fingerprint density at radius 3 is 2.77 bits per heavy atom. The minimum Gasteiger partial charge on any atom is -0.467 e. The van der Waals surface area contributed by atoms with Crippen LogP contribution in [-0.2, 0) is 19.1 Å². The largest absolute Gasteiger partial charge is 0.467 e. The van der Waals surface area contributed by atoms with Gasteiger partial charge >= 0.3 is 18.0 Å². The Bertz CT molecular complexity index is 997. The van der Waals surface area contributed by atoms with Crippen molar-refractivity contribution in [1.29, 1.82) is 0 Å². The van der Waals surface area contributed by atoms with Crippen LogP contribution in [0.3, 0.4) is 0 Å². The van der Waals surface area contributed by atoms with E-state index in [1.165, 1.54) is 30.5 Å². The van der Waals surface area contributed by atoms with E-state index in [2.05, 4.69) is 10.6 Å². The van der Waals surface area contributed by atoms with Gasteiger partial charge in [-0.1, -0.05) is 12.1 Å². The average molecular weight is 414 g/mol. The van der Waals surface area contributed by atoms with Gasteiger partial charge in [0.25, 0.3) is 0 Å². The van der Waals surface area contributed by atoms with Crippen LogP contribution in [0.5, 0.6) is 0 Å². The molecule has 0 bridgehead atoms. The predicted octanol–water partition coefficient (Wildman–Crippen LogP) is 2.85. The lowest BCUT2D eigenvalue weighted by Gasteiger charge is -2.27. The highest BCUT2D eigenvalue weighted by Crippen LogP contribution is 2.28. The first kappa shape index (κ1) is 20.8. The summed E-state index contributed by atoms with van der Waals surface area (Å²) in [4.78, 5) is 36.6. The van der Waals surface area contributed by atoms with Gasteiger partial charge in [-0.25, -0.2) is 18.8 Å². The molecule has 30 heavy (non-hydrogen) atoms. The zero-order valence-corrected chi connectivity index (χ0v) is 16.0. The summed E-state index contributed by atoms with van der Waals surface area (Å²) in [5, 5.41) is 5.06. The summed E-state index contributed by atoms with van der Waals surface area (Å²) in [6.07, 6.45) is 3.91. The summed E-state index contributed by atoms with van der Waals surface area (Å²) < 4.78 is 28.7. The molecule has 8 nitrogen and oxygen atoms in total. The SMILES string of the molecule is CCOC(=O)C1=C(COC(=O)/C=C/c2cccc(F)c2)NC(=O)NC1c1ccco1. The van der Waals surface area contributed by atoms with E-state index in [9.17, 15) is 18.8 Å². The first-order valence-electron chi connectivity index (χ1n) is 9.09. The van der Waals surface area contributed by atoms with Gasteiger partial charge in [-0.15, -0.1) is 0 Å². The number of urea groups is 1. The standard InChI is InChI=1S/C21H19FN2O6/c1-2-28-20(26)18-15(23-21(27)24-19(18)16-7-4-10-29-16)12-30-17(25)9-8-13-5-3-6-14(22)11-13/h3-11,19H,2,12H2,1H3,(H2,23,24,27)/b9-8+. The molecule has 3 rings (SSSR count). The van der Waals surface area contributed by atoms with Gasteiger partial charge in [-0.3, -0.25) is 0 Å². The molecule has 2 heterocycles. The maximum Gasteiger partial charge on any atom is 0.338 e. The molecule has 2 aromatic rings. The third kappa shape index (κ3) is 5.13. The van der Waals surface area contributed by atoms with Gasteiger partial charge in [0.05, 0.1) is 24.1 Å². The summed E-state index contributed by atoms with van der Waals surface area (Å²) in [7, 11) is 0. The highest BCUT2D eigenvalue weighted by atomic mass is 19.1. The lowest BCUT2D eigenvalue weighted by Crippen LogP contribution is -2.47. The Labute approximate surface area is 171 Å². The van der Waals surface area contributed by atoms with Crippen LogP contribution in [0.15, 0.2) is 64.4 Å². The average Bonchev–Trinajstić information content (AvgIpc) is 3.25.